The van der Waals surface area contributed by atoms with Crippen LogP contribution in [0.2, 0.25) is 0 Å². The minimum Gasteiger partial charge on any atom is -0.497 e. The molecular formula is C30H36FN3O6S. The number of halogens is 1. The van der Waals surface area contributed by atoms with Gasteiger partial charge in [-0.1, -0.05) is 26.0 Å². The fourth-order valence-corrected chi connectivity index (χ4v) is 5.43. The zero-order chi connectivity index (χ0) is 30.2. The Morgan fingerprint density at radius 3 is 2.12 bits per heavy atom. The Labute approximate surface area is 240 Å². The lowest BCUT2D eigenvalue weighted by atomic mass is 10.1. The van der Waals surface area contributed by atoms with Gasteiger partial charge in [-0.05, 0) is 79.1 Å². The van der Waals surface area contributed by atoms with Gasteiger partial charge in [-0.15, -0.1) is 0 Å². The van der Waals surface area contributed by atoms with Gasteiger partial charge >= 0.3 is 0 Å². The molecule has 0 aliphatic carbocycles. The van der Waals surface area contributed by atoms with Crippen molar-refractivity contribution in [2.75, 3.05) is 31.6 Å². The summed E-state index contributed by atoms with van der Waals surface area (Å²) >= 11 is 0. The number of carbonyl (C=O) groups is 2. The number of sulfonamides is 1. The lowest BCUT2D eigenvalue weighted by Gasteiger charge is -2.32. The number of rotatable bonds is 13. The Bertz CT molecular complexity index is 1430. The zero-order valence-corrected chi connectivity index (χ0v) is 24.7. The molecule has 2 amide bonds. The van der Waals surface area contributed by atoms with Gasteiger partial charge < -0.3 is 19.7 Å². The summed E-state index contributed by atoms with van der Waals surface area (Å²) < 4.78 is 52.8. The van der Waals surface area contributed by atoms with Crippen molar-refractivity contribution < 1.29 is 31.9 Å². The van der Waals surface area contributed by atoms with Crippen LogP contribution in [0.15, 0.2) is 77.7 Å². The molecule has 9 nitrogen and oxygen atoms in total. The molecule has 1 N–H and O–H groups in total. The molecule has 11 heteroatoms. The molecular weight excluding hydrogens is 549 g/mol. The Kier molecular flexibility index (Phi) is 10.7. The highest BCUT2D eigenvalue weighted by atomic mass is 32.2. The highest BCUT2D eigenvalue weighted by molar-refractivity contribution is 7.92. The number of benzene rings is 3. The monoisotopic (exact) mass is 585 g/mol. The van der Waals surface area contributed by atoms with Gasteiger partial charge in [0.15, 0.2) is 0 Å². The number of nitrogens with zero attached hydrogens (tertiary/aromatic N) is 2. The molecule has 3 aromatic rings. The van der Waals surface area contributed by atoms with Crippen LogP contribution in [0.25, 0.3) is 0 Å². The highest BCUT2D eigenvalue weighted by Gasteiger charge is 2.32. The van der Waals surface area contributed by atoms with E-state index in [1.54, 1.807) is 31.2 Å². The lowest BCUT2D eigenvalue weighted by molar-refractivity contribution is -0.139. The molecule has 0 radical (unpaired) electrons. The van der Waals surface area contributed by atoms with Crippen LogP contribution in [-0.4, -0.2) is 58.5 Å². The average Bonchev–Trinajstić information content (AvgIpc) is 2.97. The first-order chi connectivity index (χ1) is 19.5. The van der Waals surface area contributed by atoms with E-state index < -0.39 is 34.3 Å². The number of carbonyl (C=O) groups excluding carboxylic acids is 2. The van der Waals surface area contributed by atoms with Crippen LogP contribution >= 0.6 is 0 Å². The van der Waals surface area contributed by atoms with Gasteiger partial charge in [-0.2, -0.15) is 0 Å². The topological polar surface area (TPSA) is 105 Å². The maximum absolute atomic E-state index is 13.9. The Morgan fingerprint density at radius 2 is 1.54 bits per heavy atom. The third kappa shape index (κ3) is 8.20. The molecule has 3 aromatic carbocycles. The molecule has 0 aliphatic heterocycles. The van der Waals surface area contributed by atoms with Crippen LogP contribution in [0.5, 0.6) is 11.5 Å². The van der Waals surface area contributed by atoms with Crippen molar-refractivity contribution in [3.8, 4) is 11.5 Å². The number of anilines is 1. The maximum atomic E-state index is 13.9. The van der Waals surface area contributed by atoms with E-state index in [4.69, 9.17) is 9.47 Å². The van der Waals surface area contributed by atoms with E-state index in [0.717, 1.165) is 16.4 Å². The average molecular weight is 586 g/mol. The van der Waals surface area contributed by atoms with E-state index in [-0.39, 0.29) is 29.0 Å². The van der Waals surface area contributed by atoms with E-state index >= 15 is 0 Å². The van der Waals surface area contributed by atoms with Crippen molar-refractivity contribution in [2.45, 2.75) is 38.3 Å². The largest absolute Gasteiger partial charge is 0.497 e. The van der Waals surface area contributed by atoms with Crippen LogP contribution in [0, 0.1) is 11.7 Å². The van der Waals surface area contributed by atoms with Crippen LogP contribution in [0.3, 0.4) is 0 Å². The van der Waals surface area contributed by atoms with Crippen molar-refractivity contribution in [2.24, 2.45) is 5.92 Å². The van der Waals surface area contributed by atoms with Crippen LogP contribution in [0.1, 0.15) is 26.3 Å². The fourth-order valence-electron chi connectivity index (χ4n) is 4.01. The number of hydrogen-bond acceptors (Lipinski definition) is 6. The van der Waals surface area contributed by atoms with Crippen molar-refractivity contribution in [3.05, 3.63) is 84.2 Å². The number of hydrogen-bond donors (Lipinski definition) is 1. The molecule has 1 atom stereocenters. The van der Waals surface area contributed by atoms with Crippen LogP contribution in [-0.2, 0) is 26.2 Å². The van der Waals surface area contributed by atoms with Gasteiger partial charge in [-0.25, -0.2) is 12.8 Å². The van der Waals surface area contributed by atoms with Crippen molar-refractivity contribution >= 4 is 27.5 Å². The summed E-state index contributed by atoms with van der Waals surface area (Å²) in [6, 6.07) is 16.6. The van der Waals surface area contributed by atoms with Crippen LogP contribution < -0.4 is 19.1 Å². The Balaban J connectivity index is 2.02. The van der Waals surface area contributed by atoms with Gasteiger partial charge in [-0.3, -0.25) is 13.9 Å². The Hall–Kier alpha value is -4.12. The molecule has 3 rings (SSSR count). The normalized spacial score (nSPS) is 12.0. The van der Waals surface area contributed by atoms with Gasteiger partial charge in [0.25, 0.3) is 10.0 Å². The predicted molar refractivity (Wildman–Crippen MR) is 155 cm³/mol. The number of amides is 2. The molecule has 0 bridgehead atoms. The second-order valence-corrected chi connectivity index (χ2v) is 11.7. The number of methoxy groups -OCH3 is 2. The summed E-state index contributed by atoms with van der Waals surface area (Å²) in [7, 11) is -1.30. The SMILES string of the molecule is COc1ccc(S(=O)(=O)N(CC(=O)N(Cc2cccc(OC)c2)[C@@H](C)C(=O)NCC(C)C)c2ccc(F)cc2)cc1. The number of ether oxygens (including phenoxy) is 2. The summed E-state index contributed by atoms with van der Waals surface area (Å²) in [5.41, 5.74) is 0.779. The van der Waals surface area contributed by atoms with Gasteiger partial charge in [0, 0.05) is 13.1 Å². The van der Waals surface area contributed by atoms with Gasteiger partial charge in [0.1, 0.15) is 29.9 Å². The second-order valence-electron chi connectivity index (χ2n) is 9.85. The quantitative estimate of drug-likeness (QED) is 0.322. The van der Waals surface area contributed by atoms with Gasteiger partial charge in [0.05, 0.1) is 24.8 Å². The molecule has 0 saturated carbocycles. The molecule has 0 aliphatic rings. The predicted octanol–water partition coefficient (Wildman–Crippen LogP) is 4.23. The third-order valence-electron chi connectivity index (χ3n) is 6.38. The molecule has 0 saturated heterocycles. The summed E-state index contributed by atoms with van der Waals surface area (Å²) in [4.78, 5) is 28.2. The summed E-state index contributed by atoms with van der Waals surface area (Å²) in [6.07, 6.45) is 0. The van der Waals surface area contributed by atoms with Gasteiger partial charge in [0.2, 0.25) is 11.8 Å². The van der Waals surface area contributed by atoms with Crippen molar-refractivity contribution in [1.29, 1.82) is 0 Å². The van der Waals surface area contributed by atoms with Crippen molar-refractivity contribution in [1.82, 2.24) is 10.2 Å². The van der Waals surface area contributed by atoms with E-state index in [1.807, 2.05) is 13.8 Å². The minimum absolute atomic E-state index is 0.0200. The standard InChI is InChI=1S/C30H36FN3O6S/c1-21(2)18-32-30(36)22(3)33(19-23-7-6-8-27(17-23)40-5)29(35)20-34(25-11-9-24(31)10-12-25)41(37,38)28-15-13-26(39-4)14-16-28/h6-17,21-22H,18-20H2,1-5H3,(H,32,36)/t22-/m0/s1. The third-order valence-corrected chi connectivity index (χ3v) is 8.17. The molecule has 41 heavy (non-hydrogen) atoms. The van der Waals surface area contributed by atoms with E-state index in [2.05, 4.69) is 5.32 Å². The second kappa shape index (κ2) is 14.0. The molecule has 0 spiro atoms. The van der Waals surface area contributed by atoms with Crippen LogP contribution in [0.4, 0.5) is 10.1 Å². The molecule has 0 unspecified atom stereocenters. The first-order valence-electron chi connectivity index (χ1n) is 13.1. The molecule has 220 valence electrons. The fraction of sp³-hybridized carbons (Fsp3) is 0.333. The molecule has 0 aromatic heterocycles. The first-order valence-corrected chi connectivity index (χ1v) is 14.5. The summed E-state index contributed by atoms with van der Waals surface area (Å²) in [5.74, 6) is -0.335. The minimum atomic E-state index is -4.28. The first kappa shape index (κ1) is 31.4. The number of nitrogens with one attached hydrogen (secondary N) is 1. The van der Waals surface area contributed by atoms with E-state index in [0.29, 0.717) is 23.6 Å². The Morgan fingerprint density at radius 1 is 0.902 bits per heavy atom. The zero-order valence-electron chi connectivity index (χ0n) is 23.8. The van der Waals surface area contributed by atoms with E-state index in [9.17, 15) is 22.4 Å². The maximum Gasteiger partial charge on any atom is 0.264 e. The summed E-state index contributed by atoms with van der Waals surface area (Å²) in [6.45, 7) is 5.30. The van der Waals surface area contributed by atoms with E-state index in [1.165, 1.54) is 55.5 Å². The van der Waals surface area contributed by atoms with Crippen molar-refractivity contribution in [3.63, 3.8) is 0 Å². The molecule has 0 heterocycles. The smallest absolute Gasteiger partial charge is 0.264 e. The summed E-state index contributed by atoms with van der Waals surface area (Å²) in [5, 5.41) is 2.84. The lowest BCUT2D eigenvalue weighted by Crippen LogP contribution is -2.51. The highest BCUT2D eigenvalue weighted by Crippen LogP contribution is 2.26. The molecule has 0 fully saturated rings.